The van der Waals surface area contributed by atoms with Crippen LogP contribution in [0.5, 0.6) is 0 Å². The summed E-state index contributed by atoms with van der Waals surface area (Å²) in [5.41, 5.74) is 8.27. The first-order chi connectivity index (χ1) is 9.75. The summed E-state index contributed by atoms with van der Waals surface area (Å²) in [6.45, 7) is 1.92. The molecule has 3 rings (SSSR count). The SMILES string of the molecule is Cc1nnc(C(N)Cc2cnc[nH]2)n1-c1ccccc1. The first kappa shape index (κ1) is 12.6. The number of nitrogens with two attached hydrogens (primary N) is 1. The first-order valence-electron chi connectivity index (χ1n) is 6.46. The second kappa shape index (κ2) is 5.26. The number of aromatic amines is 1. The molecule has 0 aliphatic rings. The van der Waals surface area contributed by atoms with Gasteiger partial charge in [0.15, 0.2) is 5.82 Å². The van der Waals surface area contributed by atoms with Gasteiger partial charge in [0.2, 0.25) is 0 Å². The highest BCUT2D eigenvalue weighted by Crippen LogP contribution is 2.19. The number of hydrogen-bond donors (Lipinski definition) is 2. The normalized spacial score (nSPS) is 12.5. The number of imidazole rings is 1. The van der Waals surface area contributed by atoms with Crippen LogP contribution in [-0.4, -0.2) is 24.7 Å². The highest BCUT2D eigenvalue weighted by Gasteiger charge is 2.18. The molecular weight excluding hydrogens is 252 g/mol. The molecule has 0 fully saturated rings. The monoisotopic (exact) mass is 268 g/mol. The Morgan fingerprint density at radius 3 is 2.75 bits per heavy atom. The van der Waals surface area contributed by atoms with Crippen LogP contribution in [0.3, 0.4) is 0 Å². The van der Waals surface area contributed by atoms with E-state index in [9.17, 15) is 0 Å². The van der Waals surface area contributed by atoms with Crippen molar-refractivity contribution in [3.63, 3.8) is 0 Å². The molecule has 1 atom stereocenters. The molecule has 2 heterocycles. The molecule has 1 unspecified atom stereocenters. The lowest BCUT2D eigenvalue weighted by Crippen LogP contribution is -2.19. The van der Waals surface area contributed by atoms with Crippen LogP contribution >= 0.6 is 0 Å². The molecule has 0 saturated carbocycles. The average Bonchev–Trinajstić information content (AvgIpc) is 3.09. The summed E-state index contributed by atoms with van der Waals surface area (Å²) in [5, 5.41) is 8.38. The van der Waals surface area contributed by atoms with Gasteiger partial charge in [0.1, 0.15) is 5.82 Å². The Morgan fingerprint density at radius 1 is 1.25 bits per heavy atom. The van der Waals surface area contributed by atoms with Crippen molar-refractivity contribution < 1.29 is 0 Å². The van der Waals surface area contributed by atoms with Crippen LogP contribution in [0.25, 0.3) is 5.69 Å². The molecule has 0 aliphatic carbocycles. The summed E-state index contributed by atoms with van der Waals surface area (Å²) in [6, 6.07) is 9.74. The fourth-order valence-electron chi connectivity index (χ4n) is 2.24. The average molecular weight is 268 g/mol. The Morgan fingerprint density at radius 2 is 2.05 bits per heavy atom. The number of aromatic nitrogens is 5. The number of nitrogens with one attached hydrogen (secondary N) is 1. The Bertz CT molecular complexity index is 671. The summed E-state index contributed by atoms with van der Waals surface area (Å²) >= 11 is 0. The van der Waals surface area contributed by atoms with Crippen molar-refractivity contribution in [3.05, 3.63) is 60.2 Å². The number of H-pyrrole nitrogens is 1. The van der Waals surface area contributed by atoms with Crippen molar-refractivity contribution in [3.8, 4) is 5.69 Å². The molecule has 6 heteroatoms. The molecule has 0 radical (unpaired) electrons. The van der Waals surface area contributed by atoms with Crippen molar-refractivity contribution in [2.45, 2.75) is 19.4 Å². The predicted molar refractivity (Wildman–Crippen MR) is 75.3 cm³/mol. The van der Waals surface area contributed by atoms with Crippen LogP contribution in [0.15, 0.2) is 42.9 Å². The molecule has 1 aromatic carbocycles. The van der Waals surface area contributed by atoms with E-state index in [1.54, 1.807) is 12.5 Å². The summed E-state index contributed by atoms with van der Waals surface area (Å²) in [4.78, 5) is 7.06. The molecule has 3 aromatic rings. The summed E-state index contributed by atoms with van der Waals surface area (Å²) in [5.74, 6) is 1.58. The first-order valence-corrected chi connectivity index (χ1v) is 6.46. The minimum atomic E-state index is -0.239. The number of nitrogens with zero attached hydrogens (tertiary/aromatic N) is 4. The van der Waals surface area contributed by atoms with Crippen LogP contribution in [0.4, 0.5) is 0 Å². The maximum absolute atomic E-state index is 6.27. The van der Waals surface area contributed by atoms with Gasteiger partial charge >= 0.3 is 0 Å². The highest BCUT2D eigenvalue weighted by atomic mass is 15.3. The second-order valence-electron chi connectivity index (χ2n) is 4.66. The van der Waals surface area contributed by atoms with Gasteiger partial charge in [-0.2, -0.15) is 0 Å². The van der Waals surface area contributed by atoms with E-state index in [1.165, 1.54) is 0 Å². The zero-order valence-corrected chi connectivity index (χ0v) is 11.2. The van der Waals surface area contributed by atoms with Gasteiger partial charge in [0, 0.05) is 24.0 Å². The minimum absolute atomic E-state index is 0.239. The number of aryl methyl sites for hydroxylation is 1. The molecule has 2 aromatic heterocycles. The van der Waals surface area contributed by atoms with E-state index in [4.69, 9.17) is 5.73 Å². The maximum Gasteiger partial charge on any atom is 0.154 e. The van der Waals surface area contributed by atoms with E-state index in [1.807, 2.05) is 41.8 Å². The summed E-state index contributed by atoms with van der Waals surface area (Å²) in [7, 11) is 0. The largest absolute Gasteiger partial charge is 0.348 e. The molecule has 0 amide bonds. The molecule has 20 heavy (non-hydrogen) atoms. The third-order valence-corrected chi connectivity index (χ3v) is 3.19. The van der Waals surface area contributed by atoms with Crippen LogP contribution < -0.4 is 5.73 Å². The van der Waals surface area contributed by atoms with E-state index >= 15 is 0 Å². The van der Waals surface area contributed by atoms with Gasteiger partial charge in [-0.25, -0.2) is 4.98 Å². The molecule has 0 saturated heterocycles. The zero-order valence-electron chi connectivity index (χ0n) is 11.2. The fraction of sp³-hybridized carbons (Fsp3) is 0.214. The van der Waals surface area contributed by atoms with E-state index in [0.717, 1.165) is 23.0 Å². The number of benzene rings is 1. The molecule has 3 N–H and O–H groups in total. The lowest BCUT2D eigenvalue weighted by molar-refractivity contribution is 0.641. The fourth-order valence-corrected chi connectivity index (χ4v) is 2.24. The van der Waals surface area contributed by atoms with Crippen molar-refractivity contribution in [2.75, 3.05) is 0 Å². The van der Waals surface area contributed by atoms with Gasteiger partial charge in [-0.15, -0.1) is 10.2 Å². The van der Waals surface area contributed by atoms with Crippen molar-refractivity contribution in [1.29, 1.82) is 0 Å². The van der Waals surface area contributed by atoms with Crippen LogP contribution in [0, 0.1) is 6.92 Å². The van der Waals surface area contributed by atoms with Gasteiger partial charge < -0.3 is 10.7 Å². The van der Waals surface area contributed by atoms with Crippen LogP contribution in [0.2, 0.25) is 0 Å². The van der Waals surface area contributed by atoms with Gasteiger partial charge in [0.05, 0.1) is 12.4 Å². The lowest BCUT2D eigenvalue weighted by Gasteiger charge is -2.13. The molecular formula is C14H16N6. The number of hydrogen-bond acceptors (Lipinski definition) is 4. The van der Waals surface area contributed by atoms with Gasteiger partial charge in [-0.3, -0.25) is 4.57 Å². The predicted octanol–water partition coefficient (Wildman–Crippen LogP) is 1.54. The van der Waals surface area contributed by atoms with Crippen molar-refractivity contribution in [1.82, 2.24) is 24.7 Å². The van der Waals surface area contributed by atoms with E-state index in [0.29, 0.717) is 6.42 Å². The Hall–Kier alpha value is -2.47. The third-order valence-electron chi connectivity index (χ3n) is 3.19. The molecule has 0 bridgehead atoms. The van der Waals surface area contributed by atoms with E-state index in [-0.39, 0.29) is 6.04 Å². The Kier molecular flexibility index (Phi) is 3.30. The standard InChI is InChI=1S/C14H16N6/c1-10-18-19-14(13(15)7-11-8-16-9-17-11)20(10)12-5-3-2-4-6-12/h2-6,8-9,13H,7,15H2,1H3,(H,16,17). The second-order valence-corrected chi connectivity index (χ2v) is 4.66. The molecule has 6 nitrogen and oxygen atoms in total. The van der Waals surface area contributed by atoms with Crippen molar-refractivity contribution in [2.24, 2.45) is 5.73 Å². The number of para-hydroxylation sites is 1. The molecule has 0 aliphatic heterocycles. The maximum atomic E-state index is 6.27. The lowest BCUT2D eigenvalue weighted by atomic mass is 10.1. The summed E-state index contributed by atoms with van der Waals surface area (Å²) in [6.07, 6.45) is 4.07. The van der Waals surface area contributed by atoms with Gasteiger partial charge in [0.25, 0.3) is 0 Å². The number of rotatable bonds is 4. The van der Waals surface area contributed by atoms with Gasteiger partial charge in [-0.1, -0.05) is 18.2 Å². The Labute approximate surface area is 116 Å². The van der Waals surface area contributed by atoms with Gasteiger partial charge in [-0.05, 0) is 19.1 Å². The quantitative estimate of drug-likeness (QED) is 0.751. The van der Waals surface area contributed by atoms with Crippen molar-refractivity contribution >= 4 is 0 Å². The molecule has 0 spiro atoms. The minimum Gasteiger partial charge on any atom is -0.348 e. The zero-order chi connectivity index (χ0) is 13.9. The third kappa shape index (κ3) is 2.33. The highest BCUT2D eigenvalue weighted by molar-refractivity contribution is 5.34. The van der Waals surface area contributed by atoms with E-state index < -0.39 is 0 Å². The van der Waals surface area contributed by atoms with Crippen LogP contribution in [-0.2, 0) is 6.42 Å². The smallest absolute Gasteiger partial charge is 0.154 e. The topological polar surface area (TPSA) is 85.4 Å². The van der Waals surface area contributed by atoms with Crippen LogP contribution in [0.1, 0.15) is 23.4 Å². The Balaban J connectivity index is 1.94. The summed E-state index contributed by atoms with van der Waals surface area (Å²) < 4.78 is 1.99. The molecule has 102 valence electrons. The van der Waals surface area contributed by atoms with E-state index in [2.05, 4.69) is 20.2 Å².